The smallest absolute Gasteiger partial charge is 0.434 e. The third-order valence-corrected chi connectivity index (χ3v) is 7.05. The van der Waals surface area contributed by atoms with Crippen molar-refractivity contribution in [3.63, 3.8) is 0 Å². The number of alkyl halides is 3. The molecule has 2 fully saturated rings. The highest BCUT2D eigenvalue weighted by atomic mass is 19.4. The van der Waals surface area contributed by atoms with E-state index in [0.29, 0.717) is 44.7 Å². The molecule has 2 heterocycles. The maximum absolute atomic E-state index is 15.0. The Balaban J connectivity index is 1.57. The van der Waals surface area contributed by atoms with E-state index in [-0.39, 0.29) is 17.5 Å². The van der Waals surface area contributed by atoms with Crippen LogP contribution in [0.3, 0.4) is 0 Å². The fourth-order valence-corrected chi connectivity index (χ4v) is 5.23. The van der Waals surface area contributed by atoms with Crippen molar-refractivity contribution in [3.05, 3.63) is 54.4 Å². The molecular weight excluding hydrogens is 483 g/mol. The number of anilines is 1. The summed E-state index contributed by atoms with van der Waals surface area (Å²) in [6.45, 7) is 7.46. The third kappa shape index (κ3) is 6.13. The molecule has 1 unspecified atom stereocenters. The third-order valence-electron chi connectivity index (χ3n) is 7.05. The molecule has 1 aliphatic heterocycles. The molecular formula is C28H36F3N3O3. The number of ether oxygens (including phenoxy) is 2. The summed E-state index contributed by atoms with van der Waals surface area (Å²) in [5.74, 6) is -0.549. The lowest BCUT2D eigenvalue weighted by Gasteiger charge is -2.43. The molecule has 202 valence electrons. The average molecular weight is 520 g/mol. The molecule has 1 aromatic carbocycles. The number of rotatable bonds is 5. The Morgan fingerprint density at radius 2 is 1.57 bits per heavy atom. The van der Waals surface area contributed by atoms with Crippen LogP contribution in [0.2, 0.25) is 0 Å². The minimum atomic E-state index is -4.65. The number of benzene rings is 1. The fourth-order valence-electron chi connectivity index (χ4n) is 5.23. The monoisotopic (exact) mass is 519 g/mol. The Kier molecular flexibility index (Phi) is 7.90. The summed E-state index contributed by atoms with van der Waals surface area (Å²) >= 11 is 0. The SMILES string of the molecule is CC(C)(C)OC(=O)N1CCN(c2ccc(C(Oc3ccccc3)(C3CCCCC3)C(F)(F)F)nc2)CC1. The maximum Gasteiger partial charge on any atom is 0.434 e. The van der Waals surface area contributed by atoms with Gasteiger partial charge >= 0.3 is 12.3 Å². The normalized spacial score (nSPS) is 19.3. The highest BCUT2D eigenvalue weighted by molar-refractivity contribution is 5.68. The molecule has 1 amide bonds. The molecule has 4 rings (SSSR count). The zero-order chi connectivity index (χ0) is 26.7. The van der Waals surface area contributed by atoms with Crippen LogP contribution in [0.5, 0.6) is 5.75 Å². The van der Waals surface area contributed by atoms with Gasteiger partial charge in [0, 0.05) is 32.1 Å². The van der Waals surface area contributed by atoms with Crippen LogP contribution < -0.4 is 9.64 Å². The summed E-state index contributed by atoms with van der Waals surface area (Å²) in [6, 6.07) is 11.3. The van der Waals surface area contributed by atoms with Crippen molar-refractivity contribution >= 4 is 11.8 Å². The summed E-state index contributed by atoms with van der Waals surface area (Å²) in [7, 11) is 0. The first-order chi connectivity index (χ1) is 17.5. The highest BCUT2D eigenvalue weighted by Crippen LogP contribution is 2.51. The molecule has 0 spiro atoms. The topological polar surface area (TPSA) is 54.9 Å². The molecule has 9 heteroatoms. The molecule has 37 heavy (non-hydrogen) atoms. The first-order valence-corrected chi connectivity index (χ1v) is 13.0. The van der Waals surface area contributed by atoms with E-state index < -0.39 is 23.3 Å². The summed E-state index contributed by atoms with van der Waals surface area (Å²) in [5, 5.41) is 0. The maximum atomic E-state index is 15.0. The number of carbonyl (C=O) groups is 1. The highest BCUT2D eigenvalue weighted by Gasteiger charge is 2.64. The molecule has 2 aliphatic rings. The number of amides is 1. The molecule has 1 saturated heterocycles. The van der Waals surface area contributed by atoms with Crippen LogP contribution in [0, 0.1) is 5.92 Å². The van der Waals surface area contributed by atoms with Crippen molar-refractivity contribution in [3.8, 4) is 5.75 Å². The van der Waals surface area contributed by atoms with E-state index in [2.05, 4.69) is 4.98 Å². The van der Waals surface area contributed by atoms with Crippen LogP contribution in [0.25, 0.3) is 0 Å². The minimum absolute atomic E-state index is 0.119. The summed E-state index contributed by atoms with van der Waals surface area (Å²) in [6.07, 6.45) is -0.251. The molecule has 6 nitrogen and oxygen atoms in total. The Morgan fingerprint density at radius 1 is 0.919 bits per heavy atom. The van der Waals surface area contributed by atoms with Gasteiger partial charge in [-0.05, 0) is 57.9 Å². The van der Waals surface area contributed by atoms with Crippen molar-refractivity contribution in [1.82, 2.24) is 9.88 Å². The van der Waals surface area contributed by atoms with Gasteiger partial charge in [-0.15, -0.1) is 0 Å². The molecule has 1 aliphatic carbocycles. The van der Waals surface area contributed by atoms with Gasteiger partial charge in [0.05, 0.1) is 17.6 Å². The number of piperazine rings is 1. The molecule has 2 aromatic rings. The van der Waals surface area contributed by atoms with Gasteiger partial charge in [0.1, 0.15) is 11.4 Å². The van der Waals surface area contributed by atoms with E-state index in [0.717, 1.165) is 19.3 Å². The van der Waals surface area contributed by atoms with Gasteiger partial charge in [-0.2, -0.15) is 13.2 Å². The molecule has 1 atom stereocenters. The van der Waals surface area contributed by atoms with Crippen molar-refractivity contribution in [2.24, 2.45) is 5.92 Å². The van der Waals surface area contributed by atoms with Crippen LogP contribution in [-0.4, -0.2) is 53.9 Å². The second-order valence-corrected chi connectivity index (χ2v) is 10.8. The molecule has 1 saturated carbocycles. The number of aromatic nitrogens is 1. The second kappa shape index (κ2) is 10.8. The summed E-state index contributed by atoms with van der Waals surface area (Å²) in [5.41, 5.74) is -2.50. The number of carbonyl (C=O) groups excluding carboxylic acids is 1. The Hall–Kier alpha value is -2.97. The minimum Gasteiger partial charge on any atom is -0.471 e. The predicted octanol–water partition coefficient (Wildman–Crippen LogP) is 6.56. The predicted molar refractivity (Wildman–Crippen MR) is 136 cm³/mol. The summed E-state index contributed by atoms with van der Waals surface area (Å²) in [4.78, 5) is 20.4. The van der Waals surface area contributed by atoms with Gasteiger partial charge < -0.3 is 19.3 Å². The van der Waals surface area contributed by atoms with Crippen molar-refractivity contribution in [2.75, 3.05) is 31.1 Å². The summed E-state index contributed by atoms with van der Waals surface area (Å²) < 4.78 is 56.3. The Bertz CT molecular complexity index is 1030. The molecule has 1 aromatic heterocycles. The van der Waals surface area contributed by atoms with E-state index in [1.54, 1.807) is 41.3 Å². The fraction of sp³-hybridized carbons (Fsp3) is 0.571. The first kappa shape index (κ1) is 27.1. The molecule has 0 N–H and O–H groups in total. The Morgan fingerprint density at radius 3 is 2.11 bits per heavy atom. The standard InChI is InChI=1S/C28H36F3N3O3/c1-26(2,3)37-25(35)34-18-16-33(17-19-34)22-14-15-24(32-20-22)27(28(29,30)31,21-10-6-4-7-11-21)36-23-12-8-5-9-13-23/h5,8-9,12-15,20-21H,4,6-7,10-11,16-19H2,1-3H3. The van der Waals surface area contributed by atoms with Crippen LogP contribution in [0.1, 0.15) is 58.6 Å². The van der Waals surface area contributed by atoms with Crippen LogP contribution in [0.15, 0.2) is 48.7 Å². The van der Waals surface area contributed by atoms with Gasteiger partial charge in [0.2, 0.25) is 5.60 Å². The number of pyridine rings is 1. The molecule has 0 radical (unpaired) electrons. The number of hydrogen-bond acceptors (Lipinski definition) is 5. The zero-order valence-corrected chi connectivity index (χ0v) is 21.8. The number of nitrogens with zero attached hydrogens (tertiary/aromatic N) is 3. The van der Waals surface area contributed by atoms with Gasteiger partial charge in [0.15, 0.2) is 0 Å². The van der Waals surface area contributed by atoms with Gasteiger partial charge in [0.25, 0.3) is 0 Å². The number of halogens is 3. The van der Waals surface area contributed by atoms with E-state index in [1.807, 2.05) is 25.7 Å². The van der Waals surface area contributed by atoms with Crippen LogP contribution in [0.4, 0.5) is 23.7 Å². The number of para-hydroxylation sites is 1. The van der Waals surface area contributed by atoms with Gasteiger partial charge in [-0.3, -0.25) is 4.98 Å². The lowest BCUT2D eigenvalue weighted by Crippen LogP contribution is -2.54. The quantitative estimate of drug-likeness (QED) is 0.448. The van der Waals surface area contributed by atoms with Crippen LogP contribution in [-0.2, 0) is 10.3 Å². The lowest BCUT2D eigenvalue weighted by molar-refractivity contribution is -0.279. The van der Waals surface area contributed by atoms with Crippen molar-refractivity contribution in [1.29, 1.82) is 0 Å². The van der Waals surface area contributed by atoms with Gasteiger partial charge in [-0.25, -0.2) is 4.79 Å². The van der Waals surface area contributed by atoms with E-state index in [4.69, 9.17) is 9.47 Å². The zero-order valence-electron chi connectivity index (χ0n) is 21.8. The van der Waals surface area contributed by atoms with Gasteiger partial charge in [-0.1, -0.05) is 37.5 Å². The van der Waals surface area contributed by atoms with E-state index in [1.165, 1.54) is 12.3 Å². The van der Waals surface area contributed by atoms with Crippen molar-refractivity contribution in [2.45, 2.75) is 70.3 Å². The largest absolute Gasteiger partial charge is 0.471 e. The Labute approximate surface area is 216 Å². The first-order valence-electron chi connectivity index (χ1n) is 13.0. The average Bonchev–Trinajstić information content (AvgIpc) is 2.87. The number of hydrogen-bond donors (Lipinski definition) is 0. The van der Waals surface area contributed by atoms with E-state index >= 15 is 0 Å². The second-order valence-electron chi connectivity index (χ2n) is 10.8. The van der Waals surface area contributed by atoms with Crippen molar-refractivity contribution < 1.29 is 27.4 Å². The van der Waals surface area contributed by atoms with E-state index in [9.17, 15) is 18.0 Å². The molecule has 0 bridgehead atoms. The van der Waals surface area contributed by atoms with Crippen LogP contribution >= 0.6 is 0 Å². The lowest BCUT2D eigenvalue weighted by atomic mass is 9.74.